The molecular weight excluding hydrogens is 381 g/mol. The third-order valence-electron chi connectivity index (χ3n) is 2.93. The molecule has 2 aromatic rings. The lowest BCUT2D eigenvalue weighted by Crippen LogP contribution is -2.36. The summed E-state index contributed by atoms with van der Waals surface area (Å²) in [6.45, 7) is 5.81. The first kappa shape index (κ1) is 16.1. The second-order valence-electron chi connectivity index (χ2n) is 5.89. The van der Waals surface area contributed by atoms with Crippen molar-refractivity contribution in [3.8, 4) is 0 Å². The number of amides is 1. The van der Waals surface area contributed by atoms with Crippen molar-refractivity contribution in [3.05, 3.63) is 33.5 Å². The summed E-state index contributed by atoms with van der Waals surface area (Å²) in [5.41, 5.74) is 7.77. The fourth-order valence-corrected chi connectivity index (χ4v) is 3.08. The summed E-state index contributed by atoms with van der Waals surface area (Å²) in [5.74, 6) is 0. The number of carbonyl (C=O) groups is 1. The molecule has 1 heterocycles. The average Bonchev–Trinajstić information content (AvgIpc) is 2.70. The molecule has 4 N–H and O–H groups in total. The van der Waals surface area contributed by atoms with Gasteiger partial charge in [-0.25, -0.2) is 4.79 Å². The maximum absolute atomic E-state index is 11.7. The number of fused-ring (bicyclic) bond motifs is 1. The molecule has 0 saturated heterocycles. The van der Waals surface area contributed by atoms with Crippen LogP contribution < -0.4 is 11.1 Å². The predicted molar refractivity (Wildman–Crippen MR) is 92.2 cm³/mol. The second-order valence-corrected chi connectivity index (χ2v) is 6.97. The Labute approximate surface area is 137 Å². The van der Waals surface area contributed by atoms with Crippen LogP contribution in [0.1, 0.15) is 32.4 Å². The van der Waals surface area contributed by atoms with Gasteiger partial charge in [0.15, 0.2) is 0 Å². The number of ether oxygens (including phenoxy) is 1. The minimum absolute atomic E-state index is 0.291. The van der Waals surface area contributed by atoms with E-state index in [1.54, 1.807) is 0 Å². The largest absolute Gasteiger partial charge is 0.444 e. The molecule has 0 fully saturated rings. The normalized spacial score (nSPS) is 13.2. The first-order valence-electron chi connectivity index (χ1n) is 6.76. The van der Waals surface area contributed by atoms with Crippen molar-refractivity contribution in [2.75, 3.05) is 6.54 Å². The SMILES string of the molecule is CC(C)(C)OC(=O)NCC(N)c1c(I)[nH]c2ccccc12. The first-order valence-corrected chi connectivity index (χ1v) is 7.84. The number of benzene rings is 1. The molecule has 0 bridgehead atoms. The Morgan fingerprint density at radius 1 is 1.43 bits per heavy atom. The molecule has 0 radical (unpaired) electrons. The summed E-state index contributed by atoms with van der Waals surface area (Å²) in [6.07, 6.45) is -0.451. The quantitative estimate of drug-likeness (QED) is 0.691. The van der Waals surface area contributed by atoms with Gasteiger partial charge in [0.05, 0.1) is 9.74 Å². The Kier molecular flexibility index (Phi) is 4.77. The molecule has 1 unspecified atom stereocenters. The number of rotatable bonds is 3. The number of alkyl carbamates (subject to hydrolysis) is 1. The Morgan fingerprint density at radius 3 is 2.76 bits per heavy atom. The summed E-state index contributed by atoms with van der Waals surface area (Å²) in [5, 5.41) is 3.80. The van der Waals surface area contributed by atoms with Gasteiger partial charge in [0.2, 0.25) is 0 Å². The Morgan fingerprint density at radius 2 is 2.10 bits per heavy atom. The maximum Gasteiger partial charge on any atom is 0.407 e. The van der Waals surface area contributed by atoms with Crippen molar-refractivity contribution in [1.82, 2.24) is 10.3 Å². The molecule has 0 aliphatic carbocycles. The lowest BCUT2D eigenvalue weighted by atomic mass is 10.1. The van der Waals surface area contributed by atoms with E-state index in [0.29, 0.717) is 6.54 Å². The van der Waals surface area contributed by atoms with Crippen LogP contribution in [-0.2, 0) is 4.74 Å². The van der Waals surface area contributed by atoms with Crippen molar-refractivity contribution >= 4 is 39.6 Å². The van der Waals surface area contributed by atoms with E-state index in [2.05, 4.69) is 32.9 Å². The van der Waals surface area contributed by atoms with Gasteiger partial charge in [-0.3, -0.25) is 0 Å². The van der Waals surface area contributed by atoms with Crippen molar-refractivity contribution in [1.29, 1.82) is 0 Å². The fourth-order valence-electron chi connectivity index (χ4n) is 2.10. The standard InChI is InChI=1S/C15H20IN3O2/c1-15(2,3)21-14(20)18-8-10(17)12-9-6-4-5-7-11(9)19-13(12)16/h4-7,10,19H,8,17H2,1-3H3,(H,18,20). The first-order chi connectivity index (χ1) is 9.78. The summed E-state index contributed by atoms with van der Waals surface area (Å²) < 4.78 is 6.20. The van der Waals surface area contributed by atoms with Crippen molar-refractivity contribution in [2.24, 2.45) is 5.73 Å². The van der Waals surface area contributed by atoms with Gasteiger partial charge in [-0.05, 0) is 49.4 Å². The van der Waals surface area contributed by atoms with Crippen LogP contribution >= 0.6 is 22.6 Å². The second kappa shape index (κ2) is 6.23. The van der Waals surface area contributed by atoms with E-state index >= 15 is 0 Å². The van der Waals surface area contributed by atoms with E-state index in [1.807, 2.05) is 45.0 Å². The molecule has 1 atom stereocenters. The van der Waals surface area contributed by atoms with Crippen LogP contribution in [0, 0.1) is 3.70 Å². The Balaban J connectivity index is 2.07. The van der Waals surface area contributed by atoms with Crippen LogP contribution in [0.4, 0.5) is 4.79 Å². The van der Waals surface area contributed by atoms with E-state index < -0.39 is 11.7 Å². The van der Waals surface area contributed by atoms with Crippen molar-refractivity contribution in [2.45, 2.75) is 32.4 Å². The number of hydrogen-bond acceptors (Lipinski definition) is 3. The van der Waals surface area contributed by atoms with Gasteiger partial charge in [-0.15, -0.1) is 0 Å². The molecule has 6 heteroatoms. The van der Waals surface area contributed by atoms with E-state index in [-0.39, 0.29) is 6.04 Å². The zero-order valence-electron chi connectivity index (χ0n) is 12.4. The van der Waals surface area contributed by atoms with Crippen molar-refractivity contribution in [3.63, 3.8) is 0 Å². The highest BCUT2D eigenvalue weighted by molar-refractivity contribution is 14.1. The Bertz CT molecular complexity index is 646. The maximum atomic E-state index is 11.7. The van der Waals surface area contributed by atoms with Crippen LogP contribution in [0.15, 0.2) is 24.3 Å². The third-order valence-corrected chi connectivity index (χ3v) is 3.78. The number of aromatic amines is 1. The number of halogens is 1. The summed E-state index contributed by atoms with van der Waals surface area (Å²) in [6, 6.07) is 7.69. The lowest BCUT2D eigenvalue weighted by molar-refractivity contribution is 0.0524. The lowest BCUT2D eigenvalue weighted by Gasteiger charge is -2.21. The van der Waals surface area contributed by atoms with Crippen LogP contribution in [0.5, 0.6) is 0 Å². The fraction of sp³-hybridized carbons (Fsp3) is 0.400. The van der Waals surface area contributed by atoms with Crippen LogP contribution in [-0.4, -0.2) is 23.2 Å². The number of carbonyl (C=O) groups excluding carboxylic acids is 1. The number of nitrogens with one attached hydrogen (secondary N) is 2. The summed E-state index contributed by atoms with van der Waals surface area (Å²) >= 11 is 2.23. The van der Waals surface area contributed by atoms with Gasteiger partial charge in [-0.1, -0.05) is 18.2 Å². The molecule has 0 aliphatic heterocycles. The minimum Gasteiger partial charge on any atom is -0.444 e. The summed E-state index contributed by atoms with van der Waals surface area (Å²) in [7, 11) is 0. The minimum atomic E-state index is -0.511. The van der Waals surface area contributed by atoms with Gasteiger partial charge in [-0.2, -0.15) is 0 Å². The van der Waals surface area contributed by atoms with Crippen molar-refractivity contribution < 1.29 is 9.53 Å². The molecule has 2 rings (SSSR count). The van der Waals surface area contributed by atoms with E-state index in [1.165, 1.54) is 0 Å². The number of para-hydroxylation sites is 1. The van der Waals surface area contributed by atoms with Gasteiger partial charge >= 0.3 is 6.09 Å². The number of nitrogens with two attached hydrogens (primary N) is 1. The number of aromatic nitrogens is 1. The molecule has 0 saturated carbocycles. The zero-order valence-corrected chi connectivity index (χ0v) is 14.5. The molecule has 5 nitrogen and oxygen atoms in total. The molecule has 1 aromatic heterocycles. The van der Waals surface area contributed by atoms with Gasteiger partial charge in [0, 0.05) is 23.0 Å². The monoisotopic (exact) mass is 401 g/mol. The number of H-pyrrole nitrogens is 1. The molecule has 0 aliphatic rings. The molecule has 114 valence electrons. The number of hydrogen-bond donors (Lipinski definition) is 3. The highest BCUT2D eigenvalue weighted by atomic mass is 127. The smallest absolute Gasteiger partial charge is 0.407 e. The Hall–Kier alpha value is -1.28. The highest BCUT2D eigenvalue weighted by Gasteiger charge is 2.19. The molecule has 1 amide bonds. The van der Waals surface area contributed by atoms with E-state index in [9.17, 15) is 4.79 Å². The highest BCUT2D eigenvalue weighted by Crippen LogP contribution is 2.27. The molecule has 0 spiro atoms. The molecule has 21 heavy (non-hydrogen) atoms. The third kappa shape index (κ3) is 4.10. The topological polar surface area (TPSA) is 80.1 Å². The summed E-state index contributed by atoms with van der Waals surface area (Å²) in [4.78, 5) is 15.0. The van der Waals surface area contributed by atoms with Crippen LogP contribution in [0.2, 0.25) is 0 Å². The zero-order chi connectivity index (χ0) is 15.6. The molecule has 1 aromatic carbocycles. The van der Waals surface area contributed by atoms with Crippen LogP contribution in [0.25, 0.3) is 10.9 Å². The van der Waals surface area contributed by atoms with Crippen LogP contribution in [0.3, 0.4) is 0 Å². The van der Waals surface area contributed by atoms with E-state index in [4.69, 9.17) is 10.5 Å². The van der Waals surface area contributed by atoms with E-state index in [0.717, 1.165) is 20.2 Å². The van der Waals surface area contributed by atoms with Gasteiger partial charge in [0.1, 0.15) is 5.60 Å². The molecular formula is C15H20IN3O2. The predicted octanol–water partition coefficient (Wildman–Crippen LogP) is 3.30. The van der Waals surface area contributed by atoms with Gasteiger partial charge in [0.25, 0.3) is 0 Å². The average molecular weight is 401 g/mol. The van der Waals surface area contributed by atoms with Gasteiger partial charge < -0.3 is 20.8 Å².